The Hall–Kier alpha value is -0.520. The molecule has 0 bridgehead atoms. The lowest BCUT2D eigenvalue weighted by Crippen LogP contribution is -1.98. The Morgan fingerprint density at radius 2 is 1.21 bits per heavy atom. The minimum absolute atomic E-state index is 0.472. The van der Waals surface area contributed by atoms with E-state index < -0.39 is 21.2 Å². The molecule has 1 rings (SSSR count). The van der Waals surface area contributed by atoms with Gasteiger partial charge < -0.3 is 0 Å². The molecule has 0 aliphatic heterocycles. The average molecular weight is 420 g/mol. The fourth-order valence-corrected chi connectivity index (χ4v) is 1.72. The Balaban J connectivity index is 3.46. The van der Waals surface area contributed by atoms with Gasteiger partial charge in [0, 0.05) is 19.3 Å². The van der Waals surface area contributed by atoms with E-state index in [9.17, 15) is 20.2 Å². The molecule has 0 heterocycles. The number of nitro benzene ring substituents is 2. The van der Waals surface area contributed by atoms with Crippen LogP contribution in [-0.4, -0.2) is 9.85 Å². The molecule has 0 fully saturated rings. The second-order valence-corrected chi connectivity index (χ2v) is 4.59. The lowest BCUT2D eigenvalue weighted by atomic mass is 10.3. The topological polar surface area (TPSA) is 86.3 Å². The first-order valence-corrected chi connectivity index (χ1v) is 5.37. The lowest BCUT2D eigenvalue weighted by molar-refractivity contribution is -0.422. The first-order chi connectivity index (χ1) is 6.43. The van der Waals surface area contributed by atoms with Gasteiger partial charge in [-0.15, -0.1) is 0 Å². The second kappa shape index (κ2) is 4.33. The van der Waals surface area contributed by atoms with Crippen molar-refractivity contribution in [3.8, 4) is 0 Å². The minimum atomic E-state index is -0.754. The first kappa shape index (κ1) is 11.6. The predicted molar refractivity (Wildman–Crippen MR) is 65.2 cm³/mol. The van der Waals surface area contributed by atoms with E-state index in [0.717, 1.165) is 0 Å². The van der Waals surface area contributed by atoms with Crippen molar-refractivity contribution in [3.63, 3.8) is 0 Å². The summed E-state index contributed by atoms with van der Waals surface area (Å²) in [5, 5.41) is 21.0. The highest BCUT2D eigenvalue weighted by molar-refractivity contribution is 14.1. The van der Waals surface area contributed by atoms with Crippen molar-refractivity contribution in [1.29, 1.82) is 0 Å². The maximum atomic E-state index is 10.5. The van der Waals surface area contributed by atoms with Crippen LogP contribution in [0.25, 0.3) is 0 Å². The van der Waals surface area contributed by atoms with E-state index in [1.165, 1.54) is 12.1 Å². The molecule has 0 atom stereocenters. The van der Waals surface area contributed by atoms with Crippen LogP contribution in [0.4, 0.5) is 11.4 Å². The summed E-state index contributed by atoms with van der Waals surface area (Å²) >= 11 is 3.78. The monoisotopic (exact) mass is 420 g/mol. The summed E-state index contributed by atoms with van der Waals surface area (Å²) in [6.45, 7) is 0. The molecule has 0 unspecified atom stereocenters. The molecule has 6 nitrogen and oxygen atoms in total. The third kappa shape index (κ3) is 2.29. The third-order valence-corrected chi connectivity index (χ3v) is 4.23. The Morgan fingerprint density at radius 1 is 0.929 bits per heavy atom. The van der Waals surface area contributed by atoms with Crippen molar-refractivity contribution in [2.24, 2.45) is 0 Å². The summed E-state index contributed by atoms with van der Waals surface area (Å²) in [6.07, 6.45) is 0. The Labute approximate surface area is 105 Å². The number of hydrogen-bond acceptors (Lipinski definition) is 4. The molecule has 0 aliphatic rings. The molecule has 1 aromatic carbocycles. The van der Waals surface area contributed by atoms with Crippen LogP contribution in [0.15, 0.2) is 12.1 Å². The fraction of sp³-hybridized carbons (Fsp3) is 0. The lowest BCUT2D eigenvalue weighted by Gasteiger charge is -1.97. The predicted octanol–water partition coefficient (Wildman–Crippen LogP) is 2.71. The smallest absolute Gasteiger partial charge is 0.258 e. The van der Waals surface area contributed by atoms with E-state index in [4.69, 9.17) is 0 Å². The Morgan fingerprint density at radius 3 is 1.43 bits per heavy atom. The molecule has 0 saturated heterocycles. The van der Waals surface area contributed by atoms with E-state index in [1.807, 2.05) is 45.2 Å². The van der Waals surface area contributed by atoms with Crippen molar-refractivity contribution in [1.82, 2.24) is 0 Å². The maximum absolute atomic E-state index is 10.5. The maximum Gasteiger partial charge on any atom is 0.347 e. The summed E-state index contributed by atoms with van der Waals surface area (Å²) in [5.41, 5.74) is -0.945. The molecule has 1 aromatic rings. The van der Waals surface area contributed by atoms with Gasteiger partial charge in [0.2, 0.25) is 0 Å². The van der Waals surface area contributed by atoms with E-state index >= 15 is 0 Å². The third-order valence-electron chi connectivity index (χ3n) is 1.41. The van der Waals surface area contributed by atoms with Crippen LogP contribution >= 0.6 is 45.2 Å². The molecule has 0 aliphatic carbocycles. The van der Waals surface area contributed by atoms with E-state index in [-0.39, 0.29) is 0 Å². The highest BCUT2D eigenvalue weighted by Crippen LogP contribution is 2.31. The van der Waals surface area contributed by atoms with Crippen LogP contribution in [0.5, 0.6) is 0 Å². The van der Waals surface area contributed by atoms with Crippen LogP contribution in [0, 0.1) is 27.4 Å². The van der Waals surface area contributed by atoms with Crippen LogP contribution in [0.1, 0.15) is 0 Å². The molecule has 0 N–H and O–H groups in total. The zero-order valence-corrected chi connectivity index (χ0v) is 10.8. The van der Waals surface area contributed by atoms with Gasteiger partial charge in [-0.1, -0.05) is 0 Å². The quantitative estimate of drug-likeness (QED) is 0.419. The summed E-state index contributed by atoms with van der Waals surface area (Å²) in [4.78, 5) is 19.5. The van der Waals surface area contributed by atoms with Gasteiger partial charge in [-0.25, -0.2) is 0 Å². The highest BCUT2D eigenvalue weighted by atomic mass is 127. The van der Waals surface area contributed by atoms with Gasteiger partial charge in [0.1, 0.15) is 0 Å². The van der Waals surface area contributed by atoms with E-state index in [2.05, 4.69) is 0 Å². The molecule has 0 radical (unpaired) electrons. The number of halogens is 2. The Bertz CT molecular complexity index is 382. The number of benzene rings is 1. The molecule has 0 aromatic heterocycles. The van der Waals surface area contributed by atoms with Gasteiger partial charge in [-0.2, -0.15) is 0 Å². The highest BCUT2D eigenvalue weighted by Gasteiger charge is 2.25. The summed E-state index contributed by atoms with van der Waals surface area (Å²) in [7, 11) is 0. The molecule has 0 saturated carbocycles. The van der Waals surface area contributed by atoms with Crippen LogP contribution in [0.3, 0.4) is 0 Å². The number of hydrogen-bond donors (Lipinski definition) is 0. The molecule has 74 valence electrons. The summed E-state index contributed by atoms with van der Waals surface area (Å²) in [6, 6.07) is 2.39. The van der Waals surface area contributed by atoms with Crippen molar-refractivity contribution < 1.29 is 9.85 Å². The molecule has 14 heavy (non-hydrogen) atoms. The van der Waals surface area contributed by atoms with Gasteiger partial charge in [0.25, 0.3) is 0 Å². The standard InChI is InChI=1S/C6H2I2N2O4/c7-3-1-5(9(11)12)6(10(13)14)2-4(3)8/h1-2H. The van der Waals surface area contributed by atoms with E-state index in [1.54, 1.807) is 0 Å². The number of rotatable bonds is 2. The van der Waals surface area contributed by atoms with Crippen LogP contribution in [0.2, 0.25) is 0 Å². The van der Waals surface area contributed by atoms with Gasteiger partial charge in [0.05, 0.1) is 9.85 Å². The van der Waals surface area contributed by atoms with Crippen molar-refractivity contribution in [3.05, 3.63) is 39.5 Å². The average Bonchev–Trinajstić information content (AvgIpc) is 2.08. The minimum Gasteiger partial charge on any atom is -0.258 e. The van der Waals surface area contributed by atoms with Gasteiger partial charge >= 0.3 is 11.4 Å². The number of nitro groups is 2. The van der Waals surface area contributed by atoms with E-state index in [0.29, 0.717) is 7.14 Å². The van der Waals surface area contributed by atoms with Crippen molar-refractivity contribution >= 4 is 56.6 Å². The molecule has 0 amide bonds. The Kier molecular flexibility index (Phi) is 3.58. The molecule has 8 heteroatoms. The largest absolute Gasteiger partial charge is 0.347 e. The first-order valence-electron chi connectivity index (χ1n) is 3.21. The van der Waals surface area contributed by atoms with Crippen LogP contribution in [-0.2, 0) is 0 Å². The fourth-order valence-electron chi connectivity index (χ4n) is 0.818. The van der Waals surface area contributed by atoms with Gasteiger partial charge in [-0.3, -0.25) is 20.2 Å². The van der Waals surface area contributed by atoms with Gasteiger partial charge in [-0.05, 0) is 45.2 Å². The van der Waals surface area contributed by atoms with Crippen molar-refractivity contribution in [2.75, 3.05) is 0 Å². The molecular weight excluding hydrogens is 418 g/mol. The van der Waals surface area contributed by atoms with Gasteiger partial charge in [0.15, 0.2) is 0 Å². The van der Waals surface area contributed by atoms with Crippen LogP contribution < -0.4 is 0 Å². The van der Waals surface area contributed by atoms with Crippen molar-refractivity contribution in [2.45, 2.75) is 0 Å². The summed E-state index contributed by atoms with van der Waals surface area (Å²) in [5.74, 6) is 0. The molecule has 0 spiro atoms. The molecular formula is C6H2I2N2O4. The summed E-state index contributed by atoms with van der Waals surface area (Å²) < 4.78 is 1.25. The number of nitrogens with zero attached hydrogens (tertiary/aromatic N) is 2. The zero-order chi connectivity index (χ0) is 10.9. The second-order valence-electron chi connectivity index (χ2n) is 2.27. The normalized spacial score (nSPS) is 9.86. The zero-order valence-electron chi connectivity index (χ0n) is 6.44. The SMILES string of the molecule is O=[N+]([O-])c1cc(I)c(I)cc1[N+](=O)[O-].